The first-order chi connectivity index (χ1) is 29.9. The molecule has 4 N–H and O–H groups in total. The zero-order valence-corrected chi connectivity index (χ0v) is 36.0. The van der Waals surface area contributed by atoms with E-state index in [4.69, 9.17) is 0 Å². The molecule has 2 saturated heterocycles. The Hall–Kier alpha value is -5.12. The number of fused-ring (bicyclic) bond motifs is 4. The Bertz CT molecular complexity index is 2170. The highest BCUT2D eigenvalue weighted by atomic mass is 16.2. The Kier molecular flexibility index (Phi) is 12.8. The molecule has 7 aliphatic heterocycles. The molecule has 11 rings (SSSR count). The van der Waals surface area contributed by atoms with E-state index in [1.807, 2.05) is 24.3 Å². The van der Waals surface area contributed by atoms with Gasteiger partial charge in [0.05, 0.1) is 11.1 Å². The maximum absolute atomic E-state index is 13.6. The highest BCUT2D eigenvalue weighted by molar-refractivity contribution is 6.38. The Morgan fingerprint density at radius 2 is 0.770 bits per heavy atom. The van der Waals surface area contributed by atoms with Crippen LogP contribution in [0.5, 0.6) is 0 Å². The van der Waals surface area contributed by atoms with Gasteiger partial charge in [-0.1, -0.05) is 120 Å². The van der Waals surface area contributed by atoms with E-state index in [1.54, 1.807) is 0 Å². The minimum Gasteiger partial charge on any atom is -0.366 e. The number of nitrogens with zero attached hydrogens (tertiary/aromatic N) is 2. The first-order valence-electron chi connectivity index (χ1n) is 23.8. The number of piperidine rings is 2. The van der Waals surface area contributed by atoms with Crippen LogP contribution < -0.4 is 10.6 Å². The molecule has 0 spiro atoms. The van der Waals surface area contributed by atoms with Gasteiger partial charge in [0.2, 0.25) is 0 Å². The number of nitrogens with one attached hydrogen (secondary N) is 4. The molecule has 61 heavy (non-hydrogen) atoms. The molecule has 0 atom stereocenters. The van der Waals surface area contributed by atoms with Crippen molar-refractivity contribution in [1.29, 1.82) is 0 Å². The topological polar surface area (TPSA) is 130 Å². The Morgan fingerprint density at radius 3 is 1.18 bits per heavy atom. The predicted octanol–water partition coefficient (Wildman–Crippen LogP) is 9.46. The minimum atomic E-state index is -0.268. The lowest BCUT2D eigenvalue weighted by Gasteiger charge is -2.34. The maximum atomic E-state index is 13.6. The fourth-order valence-electron chi connectivity index (χ4n) is 11.3. The number of carbonyl (C=O) groups excluding carboxylic acids is 4. The zero-order chi connectivity index (χ0) is 41.7. The van der Waals surface area contributed by atoms with Crippen molar-refractivity contribution < 1.29 is 19.2 Å². The second kappa shape index (κ2) is 18.9. The Balaban J connectivity index is 0.893. The fourth-order valence-corrected chi connectivity index (χ4v) is 11.3. The van der Waals surface area contributed by atoms with Crippen LogP contribution in [0.25, 0.3) is 33.0 Å². The highest BCUT2D eigenvalue weighted by Gasteiger charge is 2.40. The summed E-state index contributed by atoms with van der Waals surface area (Å²) in [5, 5.41) is 7.41. The standard InChI is InChI=1S/C51H64N6O4/c58-48-44-42-36-20-14-16-22-38(36)52-40(42)24-12-7-5-3-1-2-4-6-8-13-25-41-43(37-21-15-17-23-39(37)53-41)45-47(51(61)55-49(45)59)57-32-28-35(29-33-57)19-11-9-10-18-34-26-30-56(31-27-34)46(44)50(60)54-48/h14-17,20-23,34-35,52-53H,1-13,18-19,24-33H2,(H,54,58,60)(H,55,59,61). The van der Waals surface area contributed by atoms with Crippen molar-refractivity contribution in [2.45, 2.75) is 135 Å². The lowest BCUT2D eigenvalue weighted by Crippen LogP contribution is -2.37. The van der Waals surface area contributed by atoms with Crippen LogP contribution in [0.1, 0.15) is 145 Å². The van der Waals surface area contributed by atoms with E-state index in [9.17, 15) is 19.2 Å². The number of imide groups is 2. The summed E-state index contributed by atoms with van der Waals surface area (Å²) in [5.74, 6) is 0.213. The molecule has 10 nitrogen and oxygen atoms in total. The molecule has 4 aromatic rings. The van der Waals surface area contributed by atoms with E-state index in [2.05, 4.69) is 54.7 Å². The third-order valence-corrected chi connectivity index (χ3v) is 14.6. The van der Waals surface area contributed by atoms with E-state index in [-0.39, 0.29) is 23.6 Å². The number of rotatable bonds is 0. The molecule has 2 aromatic carbocycles. The number of H-pyrrole nitrogens is 2. The lowest BCUT2D eigenvalue weighted by molar-refractivity contribution is -0.126. The van der Waals surface area contributed by atoms with Gasteiger partial charge in [0.15, 0.2) is 0 Å². The summed E-state index contributed by atoms with van der Waals surface area (Å²) in [5.41, 5.74) is 8.26. The number of para-hydroxylation sites is 2. The summed E-state index contributed by atoms with van der Waals surface area (Å²) in [4.78, 5) is 65.9. The van der Waals surface area contributed by atoms with Gasteiger partial charge in [-0.2, -0.15) is 0 Å². The maximum Gasteiger partial charge on any atom is 0.275 e. The number of carbonyl (C=O) groups is 4. The number of aromatic nitrogens is 2. The molecule has 0 unspecified atom stereocenters. The molecule has 7 aliphatic rings. The molecule has 10 heteroatoms. The average molecular weight is 825 g/mol. The summed E-state index contributed by atoms with van der Waals surface area (Å²) in [7, 11) is 0. The van der Waals surface area contributed by atoms with Gasteiger partial charge in [-0.3, -0.25) is 29.8 Å². The van der Waals surface area contributed by atoms with Gasteiger partial charge in [0.25, 0.3) is 23.6 Å². The van der Waals surface area contributed by atoms with Crippen LogP contribution in [0.15, 0.2) is 59.9 Å². The van der Waals surface area contributed by atoms with Gasteiger partial charge in [-0.15, -0.1) is 0 Å². The number of amides is 4. The third kappa shape index (κ3) is 8.82. The van der Waals surface area contributed by atoms with Gasteiger partial charge in [-0.25, -0.2) is 0 Å². The van der Waals surface area contributed by atoms with Gasteiger partial charge in [-0.05, 0) is 75.3 Å². The number of aromatic amines is 2. The fraction of sp³-hybridized carbons (Fsp3) is 0.529. The molecule has 4 bridgehead atoms. The van der Waals surface area contributed by atoms with E-state index < -0.39 is 0 Å². The first kappa shape index (κ1) is 41.2. The van der Waals surface area contributed by atoms with Gasteiger partial charge < -0.3 is 19.8 Å². The van der Waals surface area contributed by atoms with E-state index in [1.165, 1.54) is 70.6 Å². The van der Waals surface area contributed by atoms with Crippen LogP contribution in [0, 0.1) is 11.8 Å². The summed E-state index contributed by atoms with van der Waals surface area (Å²) in [6, 6.07) is 16.4. The number of hydrogen-bond donors (Lipinski definition) is 4. The summed E-state index contributed by atoms with van der Waals surface area (Å²) in [6.07, 6.45) is 23.5. The number of benzene rings is 2. The lowest BCUT2D eigenvalue weighted by atomic mass is 9.88. The molecule has 0 aliphatic carbocycles. The molecule has 2 aromatic heterocycles. The molecule has 4 amide bonds. The molecular formula is C51H64N6O4. The molecule has 322 valence electrons. The van der Waals surface area contributed by atoms with Crippen molar-refractivity contribution >= 4 is 56.6 Å². The molecule has 0 saturated carbocycles. The predicted molar refractivity (Wildman–Crippen MR) is 242 cm³/mol. The van der Waals surface area contributed by atoms with E-state index in [0.717, 1.165) is 135 Å². The van der Waals surface area contributed by atoms with Gasteiger partial charge >= 0.3 is 0 Å². The number of hydrogen-bond acceptors (Lipinski definition) is 6. The number of aryl methyl sites for hydroxylation is 2. The van der Waals surface area contributed by atoms with Crippen LogP contribution in [0.3, 0.4) is 0 Å². The largest absolute Gasteiger partial charge is 0.366 e. The SMILES string of the molecule is O=C1NC(=O)C2=C1c1c([nH]c3ccccc13)CCCCCCCCCCCCc1[nH]c3ccccc3c1C1=C(C(=O)NC1=O)N1CCC(CCCCCC3CCN2CC3)CC1. The quantitative estimate of drug-likeness (QED) is 0.131. The zero-order valence-electron chi connectivity index (χ0n) is 36.0. The smallest absolute Gasteiger partial charge is 0.275 e. The van der Waals surface area contributed by atoms with Crippen molar-refractivity contribution in [3.8, 4) is 0 Å². The van der Waals surface area contributed by atoms with Crippen LogP contribution >= 0.6 is 0 Å². The first-order valence-corrected chi connectivity index (χ1v) is 23.8. The average Bonchev–Trinajstić information content (AvgIpc) is 3.99. The van der Waals surface area contributed by atoms with Crippen LogP contribution in [0.2, 0.25) is 0 Å². The van der Waals surface area contributed by atoms with Crippen molar-refractivity contribution in [3.05, 3.63) is 82.4 Å². The minimum absolute atomic E-state index is 0.256. The van der Waals surface area contributed by atoms with Gasteiger partial charge in [0, 0.05) is 70.5 Å². The molecule has 9 heterocycles. The third-order valence-electron chi connectivity index (χ3n) is 14.6. The van der Waals surface area contributed by atoms with Crippen molar-refractivity contribution in [2.75, 3.05) is 26.2 Å². The Morgan fingerprint density at radius 1 is 0.410 bits per heavy atom. The highest BCUT2D eigenvalue weighted by Crippen LogP contribution is 2.39. The van der Waals surface area contributed by atoms with Crippen molar-refractivity contribution in [2.24, 2.45) is 11.8 Å². The monoisotopic (exact) mass is 824 g/mol. The van der Waals surface area contributed by atoms with E-state index in [0.29, 0.717) is 34.4 Å². The van der Waals surface area contributed by atoms with Crippen LogP contribution in [-0.4, -0.2) is 69.6 Å². The van der Waals surface area contributed by atoms with Gasteiger partial charge in [0.1, 0.15) is 11.4 Å². The van der Waals surface area contributed by atoms with E-state index >= 15 is 0 Å². The summed E-state index contributed by atoms with van der Waals surface area (Å²) >= 11 is 0. The molecular weight excluding hydrogens is 761 g/mol. The summed E-state index contributed by atoms with van der Waals surface area (Å²) in [6.45, 7) is 3.18. The second-order valence-electron chi connectivity index (χ2n) is 18.6. The van der Waals surface area contributed by atoms with Crippen molar-refractivity contribution in [1.82, 2.24) is 30.4 Å². The molecule has 0 radical (unpaired) electrons. The van der Waals surface area contributed by atoms with Crippen LogP contribution in [-0.2, 0) is 32.0 Å². The van der Waals surface area contributed by atoms with Crippen LogP contribution in [0.4, 0.5) is 0 Å². The van der Waals surface area contributed by atoms with Crippen molar-refractivity contribution in [3.63, 3.8) is 0 Å². The second-order valence-corrected chi connectivity index (χ2v) is 18.6. The normalized spacial score (nSPS) is 23.6. The molecule has 2 fully saturated rings. The Labute approximate surface area is 360 Å². The summed E-state index contributed by atoms with van der Waals surface area (Å²) < 4.78 is 0.